The lowest BCUT2D eigenvalue weighted by Crippen LogP contribution is -2.48. The second kappa shape index (κ2) is 12.3. The van der Waals surface area contributed by atoms with Crippen LogP contribution < -0.4 is 5.32 Å². The Balaban J connectivity index is 0.00000167. The van der Waals surface area contributed by atoms with Crippen LogP contribution in [-0.4, -0.2) is 42.6 Å². The third-order valence-electron chi connectivity index (χ3n) is 7.02. The largest absolute Gasteiger partial charge is 0.385 e. The fourth-order valence-corrected chi connectivity index (χ4v) is 5.14. The van der Waals surface area contributed by atoms with E-state index < -0.39 is 11.0 Å². The Morgan fingerprint density at radius 2 is 1.40 bits per heavy atom. The van der Waals surface area contributed by atoms with Crippen molar-refractivity contribution in [1.82, 2.24) is 10.2 Å². The first-order valence-corrected chi connectivity index (χ1v) is 12.9. The second-order valence-corrected chi connectivity index (χ2v) is 9.28. The Hall–Kier alpha value is -2.66. The van der Waals surface area contributed by atoms with Gasteiger partial charge in [-0.2, -0.15) is 0 Å². The lowest BCUT2D eigenvalue weighted by atomic mass is 9.71. The van der Waals surface area contributed by atoms with E-state index in [9.17, 15) is 9.90 Å². The van der Waals surface area contributed by atoms with E-state index in [1.165, 1.54) is 0 Å². The number of carbonyl (C=O) groups excluding carboxylic acids is 1. The molecule has 5 heteroatoms. The van der Waals surface area contributed by atoms with Crippen molar-refractivity contribution in [2.24, 2.45) is 0 Å². The number of nitrogens with one attached hydrogen (secondary N) is 1. The highest BCUT2D eigenvalue weighted by Crippen LogP contribution is 2.38. The predicted octanol–water partition coefficient (Wildman–Crippen LogP) is 5.77. The number of likely N-dealkylation sites (N-methyl/N-ethyl adjacent to an activating group) is 1. The van der Waals surface area contributed by atoms with Gasteiger partial charge in [-0.05, 0) is 54.6 Å². The Labute approximate surface area is 214 Å². The normalized spacial score (nSPS) is 15.6. The molecular weight excluding hydrogens is 456 g/mol. The minimum absolute atomic E-state index is 0.00502. The standard InChI is InChI=1S/C28H31ClN2O2.C2H6/c1-30-26(32)28(23-8-4-2-5-9-23,24-10-6-3-7-11-24)18-21-31-19-16-27(33,17-20-31)22-12-14-25(29)15-13-22;1-2/h2-15,33H,16-21H2,1H3,(H,30,32);1-2H3. The van der Waals surface area contributed by atoms with Crippen molar-refractivity contribution in [2.75, 3.05) is 26.7 Å². The van der Waals surface area contributed by atoms with E-state index >= 15 is 0 Å². The number of hydrogen-bond donors (Lipinski definition) is 2. The molecule has 35 heavy (non-hydrogen) atoms. The molecule has 1 aliphatic rings. The Morgan fingerprint density at radius 1 is 0.914 bits per heavy atom. The molecular formula is C30H37ClN2O2. The van der Waals surface area contributed by atoms with Crippen LogP contribution in [0.1, 0.15) is 49.8 Å². The summed E-state index contributed by atoms with van der Waals surface area (Å²) in [6, 6.07) is 27.6. The SMILES string of the molecule is CC.CNC(=O)C(CCN1CCC(O)(c2ccc(Cl)cc2)CC1)(c1ccccc1)c1ccccc1. The fraction of sp³-hybridized carbons (Fsp3) is 0.367. The molecule has 1 aliphatic heterocycles. The van der Waals surface area contributed by atoms with Crippen LogP contribution in [0.2, 0.25) is 5.02 Å². The van der Waals surface area contributed by atoms with Crippen LogP contribution in [-0.2, 0) is 15.8 Å². The number of nitrogens with zero attached hydrogens (tertiary/aromatic N) is 1. The van der Waals surface area contributed by atoms with E-state index in [0.717, 1.165) is 36.3 Å². The summed E-state index contributed by atoms with van der Waals surface area (Å²) in [6.45, 7) is 6.30. The third kappa shape index (κ3) is 5.95. The van der Waals surface area contributed by atoms with Gasteiger partial charge in [0.1, 0.15) is 5.41 Å². The number of hydrogen-bond acceptors (Lipinski definition) is 3. The van der Waals surface area contributed by atoms with E-state index in [0.29, 0.717) is 24.3 Å². The van der Waals surface area contributed by atoms with Crippen LogP contribution in [0.3, 0.4) is 0 Å². The number of aliphatic hydroxyl groups is 1. The minimum Gasteiger partial charge on any atom is -0.385 e. The van der Waals surface area contributed by atoms with Gasteiger partial charge in [0.15, 0.2) is 0 Å². The quantitative estimate of drug-likeness (QED) is 0.440. The molecule has 0 aromatic heterocycles. The lowest BCUT2D eigenvalue weighted by molar-refractivity contribution is -0.125. The summed E-state index contributed by atoms with van der Waals surface area (Å²) in [4.78, 5) is 15.8. The van der Waals surface area contributed by atoms with E-state index in [1.54, 1.807) is 7.05 Å². The molecule has 0 saturated carbocycles. The van der Waals surface area contributed by atoms with Crippen LogP contribution >= 0.6 is 11.6 Å². The number of amides is 1. The van der Waals surface area contributed by atoms with Gasteiger partial charge in [0.05, 0.1) is 5.60 Å². The first-order valence-electron chi connectivity index (χ1n) is 12.5. The highest BCUT2D eigenvalue weighted by molar-refractivity contribution is 6.30. The Bertz CT molecular complexity index is 1010. The minimum atomic E-state index is -0.835. The second-order valence-electron chi connectivity index (χ2n) is 8.85. The summed E-state index contributed by atoms with van der Waals surface area (Å²) >= 11 is 6.02. The fourth-order valence-electron chi connectivity index (χ4n) is 5.01. The summed E-state index contributed by atoms with van der Waals surface area (Å²) in [7, 11) is 1.70. The molecule has 1 amide bonds. The molecule has 0 bridgehead atoms. The molecule has 3 aromatic rings. The van der Waals surface area contributed by atoms with Crippen LogP contribution in [0.5, 0.6) is 0 Å². The van der Waals surface area contributed by atoms with Gasteiger partial charge in [0.25, 0.3) is 0 Å². The van der Waals surface area contributed by atoms with Gasteiger partial charge in [-0.3, -0.25) is 4.79 Å². The number of piperidine rings is 1. The molecule has 1 heterocycles. The molecule has 186 valence electrons. The molecule has 1 saturated heterocycles. The van der Waals surface area contributed by atoms with Crippen molar-refractivity contribution < 1.29 is 9.90 Å². The third-order valence-corrected chi connectivity index (χ3v) is 7.27. The number of likely N-dealkylation sites (tertiary alicyclic amines) is 1. The van der Waals surface area contributed by atoms with Crippen molar-refractivity contribution in [3.05, 3.63) is 107 Å². The van der Waals surface area contributed by atoms with Gasteiger partial charge >= 0.3 is 0 Å². The first-order chi connectivity index (χ1) is 17.0. The molecule has 0 aliphatic carbocycles. The maximum absolute atomic E-state index is 13.4. The molecule has 1 fully saturated rings. The lowest BCUT2D eigenvalue weighted by Gasteiger charge is -2.40. The first kappa shape index (κ1) is 26.9. The van der Waals surface area contributed by atoms with Crippen molar-refractivity contribution in [3.63, 3.8) is 0 Å². The van der Waals surface area contributed by atoms with Crippen LogP contribution in [0.4, 0.5) is 0 Å². The van der Waals surface area contributed by atoms with Gasteiger partial charge in [0.2, 0.25) is 5.91 Å². The average molecular weight is 493 g/mol. The van der Waals surface area contributed by atoms with Crippen molar-refractivity contribution >= 4 is 17.5 Å². The Kier molecular flexibility index (Phi) is 9.50. The van der Waals surface area contributed by atoms with E-state index in [4.69, 9.17) is 11.6 Å². The zero-order valence-corrected chi connectivity index (χ0v) is 21.8. The summed E-state index contributed by atoms with van der Waals surface area (Å²) in [5, 5.41) is 14.8. The van der Waals surface area contributed by atoms with Gasteiger partial charge in [-0.1, -0.05) is 98.2 Å². The van der Waals surface area contributed by atoms with Crippen LogP contribution in [0.25, 0.3) is 0 Å². The number of rotatable bonds is 7. The van der Waals surface area contributed by atoms with Crippen LogP contribution in [0.15, 0.2) is 84.9 Å². The van der Waals surface area contributed by atoms with Crippen molar-refractivity contribution in [2.45, 2.75) is 44.1 Å². The zero-order valence-electron chi connectivity index (χ0n) is 21.0. The highest BCUT2D eigenvalue weighted by Gasteiger charge is 2.42. The monoisotopic (exact) mass is 492 g/mol. The molecule has 0 unspecified atom stereocenters. The molecule has 4 rings (SSSR count). The number of halogens is 1. The molecule has 0 spiro atoms. The van der Waals surface area contributed by atoms with Gasteiger partial charge in [-0.15, -0.1) is 0 Å². The average Bonchev–Trinajstić information content (AvgIpc) is 2.92. The van der Waals surface area contributed by atoms with Crippen LogP contribution in [0, 0.1) is 0 Å². The number of benzene rings is 3. The van der Waals surface area contributed by atoms with Crippen molar-refractivity contribution in [1.29, 1.82) is 0 Å². The summed E-state index contributed by atoms with van der Waals surface area (Å²) in [5.41, 5.74) is 1.29. The summed E-state index contributed by atoms with van der Waals surface area (Å²) in [5.74, 6) is -0.00502. The van der Waals surface area contributed by atoms with Gasteiger partial charge in [-0.25, -0.2) is 0 Å². The van der Waals surface area contributed by atoms with E-state index in [1.807, 2.05) is 98.8 Å². The number of carbonyl (C=O) groups is 1. The maximum atomic E-state index is 13.4. The Morgan fingerprint density at radius 3 is 1.86 bits per heavy atom. The van der Waals surface area contributed by atoms with Gasteiger partial charge in [0, 0.05) is 25.2 Å². The highest BCUT2D eigenvalue weighted by atomic mass is 35.5. The van der Waals surface area contributed by atoms with E-state index in [2.05, 4.69) is 10.2 Å². The predicted molar refractivity (Wildman–Crippen MR) is 145 cm³/mol. The maximum Gasteiger partial charge on any atom is 0.234 e. The molecule has 0 radical (unpaired) electrons. The van der Waals surface area contributed by atoms with Crippen molar-refractivity contribution in [3.8, 4) is 0 Å². The molecule has 2 N–H and O–H groups in total. The topological polar surface area (TPSA) is 52.6 Å². The molecule has 4 nitrogen and oxygen atoms in total. The van der Waals surface area contributed by atoms with E-state index in [-0.39, 0.29) is 5.91 Å². The summed E-state index contributed by atoms with van der Waals surface area (Å²) in [6.07, 6.45) is 1.95. The van der Waals surface area contributed by atoms with Gasteiger partial charge < -0.3 is 15.3 Å². The summed E-state index contributed by atoms with van der Waals surface area (Å²) < 4.78 is 0. The smallest absolute Gasteiger partial charge is 0.234 e. The molecule has 0 atom stereocenters. The zero-order chi connectivity index (χ0) is 25.3. The molecule has 3 aromatic carbocycles.